The highest BCUT2D eigenvalue weighted by Crippen LogP contribution is 2.27. The van der Waals surface area contributed by atoms with Crippen LogP contribution < -0.4 is 0 Å². The third-order valence-electron chi connectivity index (χ3n) is 3.20. The number of benzene rings is 1. The van der Waals surface area contributed by atoms with Crippen molar-refractivity contribution in [2.24, 2.45) is 0 Å². The van der Waals surface area contributed by atoms with Crippen molar-refractivity contribution in [1.29, 1.82) is 0 Å². The molecule has 6 nitrogen and oxygen atoms in total. The average Bonchev–Trinajstić information content (AvgIpc) is 2.95. The van der Waals surface area contributed by atoms with Crippen molar-refractivity contribution in [3.8, 4) is 0 Å². The van der Waals surface area contributed by atoms with Crippen LogP contribution in [0.1, 0.15) is 39.6 Å². The van der Waals surface area contributed by atoms with Crippen LogP contribution in [0.3, 0.4) is 0 Å². The van der Waals surface area contributed by atoms with Gasteiger partial charge in [-0.3, -0.25) is 4.79 Å². The molecule has 2 rings (SSSR count). The van der Waals surface area contributed by atoms with Crippen LogP contribution >= 0.6 is 11.6 Å². The van der Waals surface area contributed by atoms with Gasteiger partial charge in [0.15, 0.2) is 5.69 Å². The Balaban J connectivity index is 2.22. The summed E-state index contributed by atoms with van der Waals surface area (Å²) in [6.45, 7) is 1.82. The van der Waals surface area contributed by atoms with E-state index < -0.39 is 11.9 Å². The van der Waals surface area contributed by atoms with Gasteiger partial charge in [0.2, 0.25) is 5.76 Å². The molecule has 1 aromatic carbocycles. The third kappa shape index (κ3) is 3.05. The zero-order chi connectivity index (χ0) is 15.6. The van der Waals surface area contributed by atoms with E-state index in [0.29, 0.717) is 5.02 Å². The van der Waals surface area contributed by atoms with E-state index in [0.717, 1.165) is 11.6 Å². The molecular weight excluding hydrogens is 296 g/mol. The van der Waals surface area contributed by atoms with E-state index in [4.69, 9.17) is 16.7 Å². The van der Waals surface area contributed by atoms with Crippen molar-refractivity contribution in [3.63, 3.8) is 0 Å². The van der Waals surface area contributed by atoms with Crippen LogP contribution in [0.25, 0.3) is 0 Å². The summed E-state index contributed by atoms with van der Waals surface area (Å²) >= 11 is 6.11. The van der Waals surface area contributed by atoms with Crippen LogP contribution in [0.2, 0.25) is 5.02 Å². The van der Waals surface area contributed by atoms with E-state index in [1.54, 1.807) is 19.2 Å². The van der Waals surface area contributed by atoms with Gasteiger partial charge in [0.25, 0.3) is 5.91 Å². The summed E-state index contributed by atoms with van der Waals surface area (Å²) in [4.78, 5) is 24.4. The number of halogens is 1. The maximum Gasteiger partial charge on any atom is 0.374 e. The summed E-state index contributed by atoms with van der Waals surface area (Å²) in [5, 5.41) is 12.8. The minimum absolute atomic E-state index is 0.0613. The van der Waals surface area contributed by atoms with Gasteiger partial charge in [-0.25, -0.2) is 4.79 Å². The van der Waals surface area contributed by atoms with Gasteiger partial charge in [-0.15, -0.1) is 0 Å². The minimum atomic E-state index is -1.27. The Hall–Kier alpha value is -2.34. The molecule has 1 N–H and O–H groups in total. The second kappa shape index (κ2) is 5.97. The molecule has 110 valence electrons. The van der Waals surface area contributed by atoms with Gasteiger partial charge in [0.05, 0.1) is 6.04 Å². The average molecular weight is 309 g/mol. The first-order valence-corrected chi connectivity index (χ1v) is 6.51. The second-order valence-corrected chi connectivity index (χ2v) is 4.90. The predicted octanol–water partition coefficient (Wildman–Crippen LogP) is 2.86. The molecule has 1 amide bonds. The first-order valence-electron chi connectivity index (χ1n) is 6.13. The Morgan fingerprint density at radius 1 is 1.38 bits per heavy atom. The topological polar surface area (TPSA) is 83.6 Å². The predicted molar refractivity (Wildman–Crippen MR) is 75.4 cm³/mol. The number of carboxylic acids is 1. The van der Waals surface area contributed by atoms with Crippen molar-refractivity contribution in [3.05, 3.63) is 52.4 Å². The fourth-order valence-corrected chi connectivity index (χ4v) is 2.15. The van der Waals surface area contributed by atoms with Crippen LogP contribution in [-0.4, -0.2) is 34.1 Å². The normalized spacial score (nSPS) is 12.0. The number of carboxylic acid groups (broad SMARTS) is 1. The van der Waals surface area contributed by atoms with E-state index >= 15 is 0 Å². The largest absolute Gasteiger partial charge is 0.475 e. The van der Waals surface area contributed by atoms with E-state index in [1.165, 1.54) is 4.90 Å². The fraction of sp³-hybridized carbons (Fsp3) is 0.214. The SMILES string of the molecule is CC(c1ccccc1Cl)N(C)C(=O)c1cc(C(=O)O)on1. The molecule has 0 saturated heterocycles. The van der Waals surface area contributed by atoms with Gasteiger partial charge in [-0.2, -0.15) is 0 Å². The number of amides is 1. The van der Waals surface area contributed by atoms with Crippen molar-refractivity contribution < 1.29 is 19.2 Å². The van der Waals surface area contributed by atoms with Gasteiger partial charge in [0.1, 0.15) is 0 Å². The highest BCUT2D eigenvalue weighted by molar-refractivity contribution is 6.31. The van der Waals surface area contributed by atoms with Gasteiger partial charge < -0.3 is 14.5 Å². The molecule has 0 saturated carbocycles. The standard InChI is InChI=1S/C14H13ClN2O4/c1-8(9-5-3-4-6-10(9)15)17(2)13(18)11-7-12(14(19)20)21-16-11/h3-8H,1-2H3,(H,19,20). The summed E-state index contributed by atoms with van der Waals surface area (Å²) in [7, 11) is 1.59. The van der Waals surface area contributed by atoms with Gasteiger partial charge in [-0.1, -0.05) is 35.0 Å². The molecule has 0 bridgehead atoms. The number of carbonyl (C=O) groups excluding carboxylic acids is 1. The number of aromatic nitrogens is 1. The molecule has 21 heavy (non-hydrogen) atoms. The highest BCUT2D eigenvalue weighted by Gasteiger charge is 2.24. The van der Waals surface area contributed by atoms with E-state index in [9.17, 15) is 9.59 Å². The van der Waals surface area contributed by atoms with Crippen LogP contribution in [-0.2, 0) is 0 Å². The molecule has 7 heteroatoms. The molecule has 0 fully saturated rings. The first kappa shape index (κ1) is 15.1. The molecule has 1 unspecified atom stereocenters. The molecule has 0 aliphatic rings. The number of carbonyl (C=O) groups is 2. The first-order chi connectivity index (χ1) is 9.91. The molecule has 0 aliphatic carbocycles. The lowest BCUT2D eigenvalue weighted by Gasteiger charge is -2.25. The quantitative estimate of drug-likeness (QED) is 0.939. The Kier molecular flexibility index (Phi) is 4.28. The molecule has 2 aromatic rings. The Morgan fingerprint density at radius 3 is 2.62 bits per heavy atom. The smallest absolute Gasteiger partial charge is 0.374 e. The third-order valence-corrected chi connectivity index (χ3v) is 3.54. The zero-order valence-corrected chi connectivity index (χ0v) is 12.2. The Bertz CT molecular complexity index is 683. The van der Waals surface area contributed by atoms with E-state index in [-0.39, 0.29) is 17.5 Å². The minimum Gasteiger partial charge on any atom is -0.475 e. The van der Waals surface area contributed by atoms with Crippen LogP contribution in [0.15, 0.2) is 34.9 Å². The molecular formula is C14H13ClN2O4. The maximum atomic E-state index is 12.3. The number of rotatable bonds is 4. The van der Waals surface area contributed by atoms with Crippen LogP contribution in [0.4, 0.5) is 0 Å². The van der Waals surface area contributed by atoms with Gasteiger partial charge >= 0.3 is 5.97 Å². The Labute approximate surface area is 125 Å². The van der Waals surface area contributed by atoms with Crippen LogP contribution in [0, 0.1) is 0 Å². The molecule has 0 radical (unpaired) electrons. The lowest BCUT2D eigenvalue weighted by molar-refractivity contribution is 0.0648. The van der Waals surface area contributed by atoms with Crippen molar-refractivity contribution in [2.75, 3.05) is 7.05 Å². The monoisotopic (exact) mass is 308 g/mol. The summed E-state index contributed by atoms with van der Waals surface area (Å²) in [6, 6.07) is 8.00. The number of hydrogen-bond acceptors (Lipinski definition) is 4. The van der Waals surface area contributed by atoms with Crippen molar-refractivity contribution in [1.82, 2.24) is 10.1 Å². The molecule has 1 aromatic heterocycles. The molecule has 0 spiro atoms. The maximum absolute atomic E-state index is 12.3. The van der Waals surface area contributed by atoms with E-state index in [2.05, 4.69) is 9.68 Å². The summed E-state index contributed by atoms with van der Waals surface area (Å²) in [5.41, 5.74) is 0.728. The summed E-state index contributed by atoms with van der Waals surface area (Å²) < 4.78 is 4.58. The molecule has 1 atom stereocenters. The number of nitrogens with zero attached hydrogens (tertiary/aromatic N) is 2. The number of aromatic carboxylic acids is 1. The lowest BCUT2D eigenvalue weighted by Crippen LogP contribution is -2.30. The highest BCUT2D eigenvalue weighted by atomic mass is 35.5. The van der Waals surface area contributed by atoms with Crippen LogP contribution in [0.5, 0.6) is 0 Å². The second-order valence-electron chi connectivity index (χ2n) is 4.50. The van der Waals surface area contributed by atoms with Crippen molar-refractivity contribution >= 4 is 23.5 Å². The van der Waals surface area contributed by atoms with Gasteiger partial charge in [-0.05, 0) is 18.6 Å². The van der Waals surface area contributed by atoms with E-state index in [1.807, 2.05) is 19.1 Å². The van der Waals surface area contributed by atoms with Gasteiger partial charge in [0, 0.05) is 18.1 Å². The lowest BCUT2D eigenvalue weighted by atomic mass is 10.1. The summed E-state index contributed by atoms with van der Waals surface area (Å²) in [5.74, 6) is -2.10. The molecule has 0 aliphatic heterocycles. The fourth-order valence-electron chi connectivity index (χ4n) is 1.86. The number of hydrogen-bond donors (Lipinski definition) is 1. The molecule has 1 heterocycles. The summed E-state index contributed by atoms with van der Waals surface area (Å²) in [6.07, 6.45) is 0. The zero-order valence-electron chi connectivity index (χ0n) is 11.4. The Morgan fingerprint density at radius 2 is 2.05 bits per heavy atom. The van der Waals surface area contributed by atoms with Crippen molar-refractivity contribution in [2.45, 2.75) is 13.0 Å².